The summed E-state index contributed by atoms with van der Waals surface area (Å²) in [6, 6.07) is 3.52. The number of phenols is 1. The summed E-state index contributed by atoms with van der Waals surface area (Å²) in [7, 11) is 1.32. The number of ether oxygens (including phenoxy) is 1. The van der Waals surface area contributed by atoms with Gasteiger partial charge in [0, 0.05) is 6.42 Å². The first-order valence-electron chi connectivity index (χ1n) is 4.22. The van der Waals surface area contributed by atoms with E-state index >= 15 is 0 Å². The second-order valence-electron chi connectivity index (χ2n) is 2.87. The molecule has 0 fully saturated rings. The summed E-state index contributed by atoms with van der Waals surface area (Å²) in [5, 5.41) is 17.7. The minimum absolute atomic E-state index is 0.00838. The Kier molecular flexibility index (Phi) is 3.92. The lowest BCUT2D eigenvalue weighted by molar-refractivity contribution is 0.359. The van der Waals surface area contributed by atoms with Gasteiger partial charge in [-0.05, 0) is 34.0 Å². The van der Waals surface area contributed by atoms with E-state index in [0.29, 0.717) is 12.0 Å². The van der Waals surface area contributed by atoms with E-state index in [4.69, 9.17) is 10.00 Å². The Morgan fingerprint density at radius 3 is 2.87 bits per heavy atom. The van der Waals surface area contributed by atoms with Gasteiger partial charge in [0.15, 0.2) is 11.5 Å². The van der Waals surface area contributed by atoms with Crippen LogP contribution in [0.25, 0.3) is 0 Å². The molecule has 0 aromatic heterocycles. The largest absolute Gasteiger partial charge is 0.504 e. The van der Waals surface area contributed by atoms with Gasteiger partial charge < -0.3 is 9.84 Å². The molecule has 80 valence electrons. The van der Waals surface area contributed by atoms with Crippen molar-refractivity contribution in [2.45, 2.75) is 12.8 Å². The monoisotopic (exact) mass is 273 g/mol. The molecule has 0 amide bonds. The number of halogens is 2. The number of benzene rings is 1. The molecule has 0 heterocycles. The Bertz CT molecular complexity index is 415. The van der Waals surface area contributed by atoms with Gasteiger partial charge in [-0.2, -0.15) is 9.65 Å². The summed E-state index contributed by atoms with van der Waals surface area (Å²) < 4.78 is 18.6. The molecule has 15 heavy (non-hydrogen) atoms. The van der Waals surface area contributed by atoms with Crippen molar-refractivity contribution < 1.29 is 14.2 Å². The standard InChI is InChI=1S/C10H9BrFNO2/c1-15-10-6(3-2-4-13)5-7(11)9(14)8(10)12/h5,14H,2-3H2,1H3. The maximum atomic E-state index is 13.5. The van der Waals surface area contributed by atoms with E-state index in [-0.39, 0.29) is 16.6 Å². The summed E-state index contributed by atoms with van der Waals surface area (Å²) in [5.74, 6) is -1.29. The molecule has 1 N–H and O–H groups in total. The Balaban J connectivity index is 3.20. The van der Waals surface area contributed by atoms with E-state index in [9.17, 15) is 9.50 Å². The van der Waals surface area contributed by atoms with Crippen molar-refractivity contribution in [3.8, 4) is 17.6 Å². The summed E-state index contributed by atoms with van der Waals surface area (Å²) in [4.78, 5) is 0. The van der Waals surface area contributed by atoms with Crippen molar-refractivity contribution in [3.63, 3.8) is 0 Å². The molecule has 1 rings (SSSR count). The van der Waals surface area contributed by atoms with E-state index in [2.05, 4.69) is 15.9 Å². The molecule has 0 saturated heterocycles. The van der Waals surface area contributed by atoms with Crippen LogP contribution in [0.15, 0.2) is 10.5 Å². The highest BCUT2D eigenvalue weighted by Crippen LogP contribution is 2.36. The summed E-state index contributed by atoms with van der Waals surface area (Å²) in [6.45, 7) is 0. The minimum atomic E-state index is -0.806. The van der Waals surface area contributed by atoms with Gasteiger partial charge in [-0.15, -0.1) is 0 Å². The van der Waals surface area contributed by atoms with Gasteiger partial charge >= 0.3 is 0 Å². The number of rotatable bonds is 3. The van der Waals surface area contributed by atoms with E-state index in [1.807, 2.05) is 6.07 Å². The maximum Gasteiger partial charge on any atom is 0.208 e. The van der Waals surface area contributed by atoms with E-state index < -0.39 is 11.6 Å². The van der Waals surface area contributed by atoms with Gasteiger partial charge in [-0.3, -0.25) is 0 Å². The van der Waals surface area contributed by atoms with Crippen LogP contribution in [0.4, 0.5) is 4.39 Å². The number of nitriles is 1. The molecule has 0 bridgehead atoms. The molecule has 0 aliphatic rings. The van der Waals surface area contributed by atoms with Crippen molar-refractivity contribution in [2.75, 3.05) is 7.11 Å². The number of methoxy groups -OCH3 is 1. The van der Waals surface area contributed by atoms with Crippen LogP contribution in [-0.2, 0) is 6.42 Å². The highest BCUT2D eigenvalue weighted by atomic mass is 79.9. The first-order valence-corrected chi connectivity index (χ1v) is 5.02. The zero-order valence-corrected chi connectivity index (χ0v) is 9.64. The van der Waals surface area contributed by atoms with Gasteiger partial charge in [0.2, 0.25) is 5.82 Å². The average Bonchev–Trinajstić information content (AvgIpc) is 2.23. The van der Waals surface area contributed by atoms with Gasteiger partial charge in [0.05, 0.1) is 17.7 Å². The second kappa shape index (κ2) is 4.99. The van der Waals surface area contributed by atoms with E-state index in [1.165, 1.54) is 7.11 Å². The van der Waals surface area contributed by atoms with Crippen molar-refractivity contribution in [1.82, 2.24) is 0 Å². The van der Waals surface area contributed by atoms with Gasteiger partial charge in [0.25, 0.3) is 0 Å². The lowest BCUT2D eigenvalue weighted by Gasteiger charge is -2.10. The fourth-order valence-electron chi connectivity index (χ4n) is 1.24. The highest BCUT2D eigenvalue weighted by Gasteiger charge is 2.16. The van der Waals surface area contributed by atoms with Gasteiger partial charge in [0.1, 0.15) is 0 Å². The molecule has 0 aliphatic heterocycles. The average molecular weight is 274 g/mol. The fraction of sp³-hybridized carbons (Fsp3) is 0.300. The molecule has 1 aromatic rings. The lowest BCUT2D eigenvalue weighted by Crippen LogP contribution is -1.96. The Labute approximate surface area is 95.2 Å². The fourth-order valence-corrected chi connectivity index (χ4v) is 1.69. The summed E-state index contributed by atoms with van der Waals surface area (Å²) >= 11 is 3.02. The lowest BCUT2D eigenvalue weighted by atomic mass is 10.1. The smallest absolute Gasteiger partial charge is 0.208 e. The first-order chi connectivity index (χ1) is 7.11. The zero-order chi connectivity index (χ0) is 11.4. The molecule has 3 nitrogen and oxygen atoms in total. The van der Waals surface area contributed by atoms with E-state index in [0.717, 1.165) is 0 Å². The summed E-state index contributed by atoms with van der Waals surface area (Å²) in [6.07, 6.45) is 0.655. The molecule has 0 spiro atoms. The third-order valence-corrected chi connectivity index (χ3v) is 2.54. The Morgan fingerprint density at radius 2 is 2.33 bits per heavy atom. The van der Waals surface area contributed by atoms with Crippen molar-refractivity contribution in [2.24, 2.45) is 0 Å². The zero-order valence-electron chi connectivity index (χ0n) is 8.05. The van der Waals surface area contributed by atoms with Gasteiger partial charge in [-0.1, -0.05) is 0 Å². The molecule has 0 aliphatic carbocycles. The molecule has 0 saturated carbocycles. The molecule has 1 aromatic carbocycles. The Hall–Kier alpha value is -1.28. The first kappa shape index (κ1) is 11.8. The molecular weight excluding hydrogens is 265 g/mol. The molecule has 0 unspecified atom stereocenters. The molecular formula is C10H9BrFNO2. The van der Waals surface area contributed by atoms with Crippen LogP contribution in [0.5, 0.6) is 11.5 Å². The number of phenolic OH excluding ortho intramolecular Hbond substituents is 1. The number of aryl methyl sites for hydroxylation is 1. The third-order valence-electron chi connectivity index (χ3n) is 1.94. The normalized spacial score (nSPS) is 9.73. The number of hydrogen-bond acceptors (Lipinski definition) is 3. The van der Waals surface area contributed by atoms with Gasteiger partial charge in [-0.25, -0.2) is 0 Å². The van der Waals surface area contributed by atoms with Crippen molar-refractivity contribution in [3.05, 3.63) is 21.9 Å². The molecule has 0 radical (unpaired) electrons. The van der Waals surface area contributed by atoms with Crippen LogP contribution in [0, 0.1) is 17.1 Å². The predicted octanol–water partition coefficient (Wildman–Crippen LogP) is 2.76. The van der Waals surface area contributed by atoms with Crippen LogP contribution in [0.2, 0.25) is 0 Å². The number of hydrogen-bond donors (Lipinski definition) is 1. The number of nitrogens with zero attached hydrogens (tertiary/aromatic N) is 1. The van der Waals surface area contributed by atoms with Crippen LogP contribution in [-0.4, -0.2) is 12.2 Å². The maximum absolute atomic E-state index is 13.5. The van der Waals surface area contributed by atoms with Crippen LogP contribution in [0.3, 0.4) is 0 Å². The van der Waals surface area contributed by atoms with Crippen LogP contribution in [0.1, 0.15) is 12.0 Å². The minimum Gasteiger partial charge on any atom is -0.504 e. The quantitative estimate of drug-likeness (QED) is 0.922. The topological polar surface area (TPSA) is 53.2 Å². The molecule has 5 heteroatoms. The van der Waals surface area contributed by atoms with E-state index in [1.54, 1.807) is 6.07 Å². The van der Waals surface area contributed by atoms with Crippen molar-refractivity contribution in [1.29, 1.82) is 5.26 Å². The SMILES string of the molecule is COc1c(CCC#N)cc(Br)c(O)c1F. The second-order valence-corrected chi connectivity index (χ2v) is 3.73. The van der Waals surface area contributed by atoms with Crippen molar-refractivity contribution >= 4 is 15.9 Å². The Morgan fingerprint density at radius 1 is 1.67 bits per heavy atom. The van der Waals surface area contributed by atoms with Crippen LogP contribution < -0.4 is 4.74 Å². The summed E-state index contributed by atoms with van der Waals surface area (Å²) in [5.41, 5.74) is 0.557. The van der Waals surface area contributed by atoms with Crippen LogP contribution >= 0.6 is 15.9 Å². The third kappa shape index (κ3) is 2.39. The molecule has 0 atom stereocenters. The highest BCUT2D eigenvalue weighted by molar-refractivity contribution is 9.10. The number of aromatic hydroxyl groups is 1. The predicted molar refractivity (Wildman–Crippen MR) is 56.3 cm³/mol.